The van der Waals surface area contributed by atoms with Gasteiger partial charge in [0, 0.05) is 16.6 Å². The van der Waals surface area contributed by atoms with Crippen molar-refractivity contribution in [2.24, 2.45) is 0 Å². The highest BCUT2D eigenvalue weighted by Crippen LogP contribution is 2.29. The zero-order valence-corrected chi connectivity index (χ0v) is 12.6. The minimum atomic E-state index is 0.671. The molecule has 0 spiro atoms. The van der Waals surface area contributed by atoms with E-state index in [4.69, 9.17) is 9.47 Å². The molecule has 0 fully saturated rings. The summed E-state index contributed by atoms with van der Waals surface area (Å²) in [6, 6.07) is 10.2. The van der Waals surface area contributed by atoms with Gasteiger partial charge in [-0.25, -0.2) is 0 Å². The molecule has 1 aromatic heterocycles. The van der Waals surface area contributed by atoms with Crippen LogP contribution in [0, 0.1) is 0 Å². The molecule has 0 amide bonds. The number of rotatable bonds is 6. The highest BCUT2D eigenvalue weighted by molar-refractivity contribution is 9.08. The Morgan fingerprint density at radius 3 is 2.78 bits per heavy atom. The second-order valence-electron chi connectivity index (χ2n) is 3.80. The summed E-state index contributed by atoms with van der Waals surface area (Å²) in [5.41, 5.74) is 1.18. The number of methoxy groups -OCH3 is 1. The first-order chi connectivity index (χ1) is 8.83. The van der Waals surface area contributed by atoms with Crippen LogP contribution in [0.15, 0.2) is 35.7 Å². The largest absolute Gasteiger partial charge is 0.493 e. The first kappa shape index (κ1) is 13.4. The number of hydrogen-bond donors (Lipinski definition) is 0. The molecule has 0 unspecified atom stereocenters. The van der Waals surface area contributed by atoms with Crippen molar-refractivity contribution in [1.29, 1.82) is 0 Å². The van der Waals surface area contributed by atoms with Gasteiger partial charge in [-0.05, 0) is 29.1 Å². The lowest BCUT2D eigenvalue weighted by Crippen LogP contribution is -2.01. The fourth-order valence-corrected chi connectivity index (χ4v) is 2.67. The van der Waals surface area contributed by atoms with Crippen molar-refractivity contribution < 1.29 is 9.47 Å². The van der Waals surface area contributed by atoms with E-state index in [1.54, 1.807) is 18.4 Å². The van der Waals surface area contributed by atoms with E-state index < -0.39 is 0 Å². The number of benzene rings is 1. The molecule has 0 aliphatic heterocycles. The molecular formula is C14H15BrO2S. The predicted molar refractivity (Wildman–Crippen MR) is 79.1 cm³/mol. The normalized spacial score (nSPS) is 10.3. The molecule has 4 heteroatoms. The minimum Gasteiger partial charge on any atom is -0.493 e. The Balaban J connectivity index is 1.96. The molecular weight excluding hydrogens is 312 g/mol. The van der Waals surface area contributed by atoms with E-state index >= 15 is 0 Å². The zero-order valence-electron chi connectivity index (χ0n) is 10.2. The van der Waals surface area contributed by atoms with Crippen LogP contribution < -0.4 is 9.47 Å². The van der Waals surface area contributed by atoms with Crippen molar-refractivity contribution in [3.8, 4) is 11.5 Å². The lowest BCUT2D eigenvalue weighted by molar-refractivity contribution is 0.298. The molecule has 0 aliphatic rings. The Bertz CT molecular complexity index is 483. The lowest BCUT2D eigenvalue weighted by atomic mass is 10.2. The standard InChI is InChI=1S/C14H15BrO2S/c1-16-14-9-11(10-15)4-5-13(14)17-7-6-12-3-2-8-18-12/h2-5,8-9H,6-7,10H2,1H3. The van der Waals surface area contributed by atoms with Crippen molar-refractivity contribution in [1.82, 2.24) is 0 Å². The van der Waals surface area contributed by atoms with E-state index in [0.717, 1.165) is 23.2 Å². The maximum atomic E-state index is 5.77. The van der Waals surface area contributed by atoms with Crippen LogP contribution in [-0.4, -0.2) is 13.7 Å². The highest BCUT2D eigenvalue weighted by atomic mass is 79.9. The third-order valence-corrected chi connectivity index (χ3v) is 4.15. The molecule has 96 valence electrons. The summed E-state index contributed by atoms with van der Waals surface area (Å²) in [4.78, 5) is 1.34. The summed E-state index contributed by atoms with van der Waals surface area (Å²) in [6.07, 6.45) is 0.932. The Morgan fingerprint density at radius 2 is 2.11 bits per heavy atom. The first-order valence-corrected chi connectivity index (χ1v) is 7.71. The molecule has 0 radical (unpaired) electrons. The lowest BCUT2D eigenvalue weighted by Gasteiger charge is -2.11. The Hall–Kier alpha value is -1.00. The second kappa shape index (κ2) is 6.81. The van der Waals surface area contributed by atoms with Crippen LogP contribution in [0.4, 0.5) is 0 Å². The molecule has 0 atom stereocenters. The van der Waals surface area contributed by atoms with Gasteiger partial charge >= 0.3 is 0 Å². The quantitative estimate of drug-likeness (QED) is 0.738. The summed E-state index contributed by atoms with van der Waals surface area (Å²) in [6.45, 7) is 0.671. The van der Waals surface area contributed by atoms with Crippen LogP contribution in [-0.2, 0) is 11.8 Å². The van der Waals surface area contributed by atoms with E-state index in [2.05, 4.69) is 33.4 Å². The fraction of sp³-hybridized carbons (Fsp3) is 0.286. The van der Waals surface area contributed by atoms with Crippen LogP contribution >= 0.6 is 27.3 Å². The average molecular weight is 327 g/mol. The third-order valence-electron chi connectivity index (χ3n) is 2.57. The summed E-state index contributed by atoms with van der Waals surface area (Å²) in [7, 11) is 1.67. The maximum Gasteiger partial charge on any atom is 0.161 e. The molecule has 0 aliphatic carbocycles. The molecule has 0 bridgehead atoms. The monoisotopic (exact) mass is 326 g/mol. The highest BCUT2D eigenvalue weighted by Gasteiger charge is 2.05. The number of hydrogen-bond acceptors (Lipinski definition) is 3. The molecule has 2 rings (SSSR count). The van der Waals surface area contributed by atoms with Gasteiger partial charge in [0.2, 0.25) is 0 Å². The topological polar surface area (TPSA) is 18.5 Å². The number of halogens is 1. The van der Waals surface area contributed by atoms with Crippen molar-refractivity contribution in [2.45, 2.75) is 11.8 Å². The van der Waals surface area contributed by atoms with Crippen molar-refractivity contribution in [3.63, 3.8) is 0 Å². The van der Waals surface area contributed by atoms with Gasteiger partial charge in [-0.15, -0.1) is 11.3 Å². The van der Waals surface area contributed by atoms with Crippen LogP contribution in [0.1, 0.15) is 10.4 Å². The van der Waals surface area contributed by atoms with Gasteiger partial charge in [-0.2, -0.15) is 0 Å². The Labute approximate surface area is 120 Å². The SMILES string of the molecule is COc1cc(CBr)ccc1OCCc1cccs1. The van der Waals surface area contributed by atoms with E-state index in [0.29, 0.717) is 6.61 Å². The van der Waals surface area contributed by atoms with Crippen LogP contribution in [0.3, 0.4) is 0 Å². The smallest absolute Gasteiger partial charge is 0.161 e. The molecule has 0 saturated carbocycles. The molecule has 2 nitrogen and oxygen atoms in total. The van der Waals surface area contributed by atoms with Gasteiger partial charge in [0.05, 0.1) is 13.7 Å². The molecule has 0 saturated heterocycles. The van der Waals surface area contributed by atoms with E-state index in [1.807, 2.05) is 18.2 Å². The van der Waals surface area contributed by atoms with Gasteiger partial charge in [0.25, 0.3) is 0 Å². The summed E-state index contributed by atoms with van der Waals surface area (Å²) in [5.74, 6) is 1.59. The van der Waals surface area contributed by atoms with Crippen LogP contribution in [0.25, 0.3) is 0 Å². The Morgan fingerprint density at radius 1 is 1.22 bits per heavy atom. The first-order valence-electron chi connectivity index (χ1n) is 5.71. The van der Waals surface area contributed by atoms with Gasteiger partial charge < -0.3 is 9.47 Å². The molecule has 2 aromatic rings. The minimum absolute atomic E-state index is 0.671. The third kappa shape index (κ3) is 3.50. The van der Waals surface area contributed by atoms with E-state index in [1.165, 1.54) is 10.4 Å². The maximum absolute atomic E-state index is 5.77. The molecule has 1 heterocycles. The van der Waals surface area contributed by atoms with Crippen molar-refractivity contribution >= 4 is 27.3 Å². The van der Waals surface area contributed by atoms with Gasteiger partial charge in [0.1, 0.15) is 0 Å². The zero-order chi connectivity index (χ0) is 12.8. The molecule has 0 N–H and O–H groups in total. The average Bonchev–Trinajstić information content (AvgIpc) is 2.92. The fourth-order valence-electron chi connectivity index (χ4n) is 1.63. The van der Waals surface area contributed by atoms with Crippen LogP contribution in [0.2, 0.25) is 0 Å². The predicted octanol–water partition coefficient (Wildman–Crippen LogP) is 4.27. The van der Waals surface area contributed by atoms with Crippen LogP contribution in [0.5, 0.6) is 11.5 Å². The number of ether oxygens (including phenoxy) is 2. The Kier molecular flexibility index (Phi) is 5.08. The number of thiophene rings is 1. The van der Waals surface area contributed by atoms with Gasteiger partial charge in [-0.1, -0.05) is 28.1 Å². The summed E-state index contributed by atoms with van der Waals surface area (Å²) >= 11 is 5.19. The van der Waals surface area contributed by atoms with Crippen molar-refractivity contribution in [2.75, 3.05) is 13.7 Å². The summed E-state index contributed by atoms with van der Waals surface area (Å²) in [5, 5.41) is 2.90. The second-order valence-corrected chi connectivity index (χ2v) is 5.39. The van der Waals surface area contributed by atoms with E-state index in [9.17, 15) is 0 Å². The molecule has 18 heavy (non-hydrogen) atoms. The van der Waals surface area contributed by atoms with Gasteiger partial charge in [0.15, 0.2) is 11.5 Å². The molecule has 1 aromatic carbocycles. The van der Waals surface area contributed by atoms with Gasteiger partial charge in [-0.3, -0.25) is 0 Å². The summed E-state index contributed by atoms with van der Waals surface area (Å²) < 4.78 is 11.1. The van der Waals surface area contributed by atoms with E-state index in [-0.39, 0.29) is 0 Å². The number of alkyl halides is 1. The van der Waals surface area contributed by atoms with Crippen molar-refractivity contribution in [3.05, 3.63) is 46.2 Å².